The summed E-state index contributed by atoms with van der Waals surface area (Å²) in [7, 11) is 0. The molecule has 29 heavy (non-hydrogen) atoms. The summed E-state index contributed by atoms with van der Waals surface area (Å²) >= 11 is 0. The average Bonchev–Trinajstić information content (AvgIpc) is 2.71. The minimum Gasteiger partial charge on any atom is -0.258 e. The molecule has 0 aromatic heterocycles. The first-order valence-corrected chi connectivity index (χ1v) is 9.24. The van der Waals surface area contributed by atoms with E-state index in [2.05, 4.69) is 0 Å². The van der Waals surface area contributed by atoms with Crippen molar-refractivity contribution in [3.8, 4) is 0 Å². The summed E-state index contributed by atoms with van der Waals surface area (Å²) in [6, 6.07) is 4.78. The Kier molecular flexibility index (Phi) is 3.58. The zero-order chi connectivity index (χ0) is 20.4. The Morgan fingerprint density at radius 2 is 1.17 bits per heavy atom. The highest BCUT2D eigenvalue weighted by Gasteiger charge is 2.56. The minimum absolute atomic E-state index is 0.0173. The Hall–Kier alpha value is -3.62. The molecule has 0 aliphatic heterocycles. The third-order valence-electron chi connectivity index (χ3n) is 6.67. The molecule has 1 saturated carbocycles. The van der Waals surface area contributed by atoms with Crippen molar-refractivity contribution in [3.05, 3.63) is 108 Å². The van der Waals surface area contributed by atoms with E-state index < -0.39 is 14.8 Å². The van der Waals surface area contributed by atoms with Crippen molar-refractivity contribution >= 4 is 5.69 Å². The van der Waals surface area contributed by atoms with Crippen LogP contribution in [0, 0.1) is 54.0 Å². The summed E-state index contributed by atoms with van der Waals surface area (Å²) in [5.41, 5.74) is 1.81. The van der Waals surface area contributed by atoms with Crippen molar-refractivity contribution < 1.29 is 14.8 Å². The van der Waals surface area contributed by atoms with Gasteiger partial charge in [0.25, 0.3) is 17.1 Å². The maximum atomic E-state index is 11.3. The van der Waals surface area contributed by atoms with E-state index in [1.165, 1.54) is 18.2 Å². The van der Waals surface area contributed by atoms with Crippen LogP contribution in [0.1, 0.15) is 23.0 Å². The fourth-order valence-electron chi connectivity index (χ4n) is 5.66. The van der Waals surface area contributed by atoms with Gasteiger partial charge in [-0.2, -0.15) is 0 Å². The van der Waals surface area contributed by atoms with Crippen LogP contribution in [0.3, 0.4) is 0 Å². The Labute approximate surface area is 164 Å². The van der Waals surface area contributed by atoms with Crippen LogP contribution >= 0.6 is 0 Å². The topological polar surface area (TPSA) is 129 Å². The first-order chi connectivity index (χ1) is 13.9. The molecule has 0 N–H and O–H groups in total. The molecule has 0 radical (unpaired) electrons. The van der Waals surface area contributed by atoms with Crippen LogP contribution < -0.4 is 0 Å². The van der Waals surface area contributed by atoms with Gasteiger partial charge in [0, 0.05) is 24.3 Å². The summed E-state index contributed by atoms with van der Waals surface area (Å²) in [5, 5.41) is 33.9. The predicted octanol–water partition coefficient (Wildman–Crippen LogP) is 3.71. The minimum atomic E-state index is -0.446. The van der Waals surface area contributed by atoms with Crippen molar-refractivity contribution in [2.75, 3.05) is 0 Å². The number of rotatable bonds is 3. The number of nitrogens with zero attached hydrogens (tertiary/aromatic N) is 3. The molecule has 6 rings (SSSR count). The molecule has 9 heteroatoms. The largest absolute Gasteiger partial charge is 0.269 e. The molecule has 9 nitrogen and oxygen atoms in total. The van der Waals surface area contributed by atoms with Gasteiger partial charge in [-0.25, -0.2) is 0 Å². The van der Waals surface area contributed by atoms with Crippen molar-refractivity contribution in [1.82, 2.24) is 0 Å². The lowest BCUT2D eigenvalue weighted by Crippen LogP contribution is -2.48. The van der Waals surface area contributed by atoms with E-state index in [9.17, 15) is 30.3 Å². The van der Waals surface area contributed by atoms with Crippen LogP contribution in [0.2, 0.25) is 0 Å². The molecule has 146 valence electrons. The van der Waals surface area contributed by atoms with E-state index in [1.807, 2.05) is 6.08 Å². The molecule has 6 unspecified atom stereocenters. The van der Waals surface area contributed by atoms with E-state index >= 15 is 0 Å². The Bertz CT molecular complexity index is 1100. The maximum Gasteiger partial charge on any atom is 0.269 e. The van der Waals surface area contributed by atoms with E-state index in [-0.39, 0.29) is 52.6 Å². The lowest BCUT2D eigenvalue weighted by Gasteiger charge is -2.55. The zero-order valence-electron chi connectivity index (χ0n) is 15.0. The fourth-order valence-corrected chi connectivity index (χ4v) is 5.66. The third kappa shape index (κ3) is 2.40. The van der Waals surface area contributed by atoms with Gasteiger partial charge in [-0.3, -0.25) is 30.3 Å². The molecule has 1 aromatic rings. The van der Waals surface area contributed by atoms with Gasteiger partial charge >= 0.3 is 0 Å². The molecule has 5 aliphatic rings. The van der Waals surface area contributed by atoms with Gasteiger partial charge in [-0.1, -0.05) is 18.2 Å². The van der Waals surface area contributed by atoms with Crippen LogP contribution in [0.5, 0.6) is 0 Å². The third-order valence-corrected chi connectivity index (χ3v) is 6.67. The number of hydrogen-bond donors (Lipinski definition) is 0. The molecule has 1 fully saturated rings. The molecule has 0 amide bonds. The summed E-state index contributed by atoms with van der Waals surface area (Å²) < 4.78 is 0. The van der Waals surface area contributed by atoms with E-state index in [4.69, 9.17) is 0 Å². The second-order valence-corrected chi connectivity index (χ2v) is 7.85. The molecule has 0 saturated heterocycles. The molecular weight excluding hydrogens is 378 g/mol. The summed E-state index contributed by atoms with van der Waals surface area (Å²) in [6.07, 6.45) is 9.95. The predicted molar refractivity (Wildman–Crippen MR) is 101 cm³/mol. The van der Waals surface area contributed by atoms with Crippen molar-refractivity contribution in [3.63, 3.8) is 0 Å². The quantitative estimate of drug-likeness (QED) is 0.568. The first-order valence-electron chi connectivity index (χ1n) is 9.24. The summed E-state index contributed by atoms with van der Waals surface area (Å²) in [5.74, 6) is -0.811. The van der Waals surface area contributed by atoms with Gasteiger partial charge in [0.05, 0.1) is 14.8 Å². The van der Waals surface area contributed by atoms with Gasteiger partial charge in [-0.15, -0.1) is 0 Å². The average molecular weight is 393 g/mol. The summed E-state index contributed by atoms with van der Waals surface area (Å²) in [4.78, 5) is 32.7. The Morgan fingerprint density at radius 1 is 0.655 bits per heavy atom. The number of non-ortho nitro benzene ring substituents is 1. The standard InChI is InChI=1S/C20H15N3O6/c24-21(25)10-3-6-15-16(7-10)19-13-4-1-11(22(26)27)8-17(13)20(15)18-9-12(23(28)29)2-5-14(18)19/h1-9,13,15-17,19-20H. The van der Waals surface area contributed by atoms with Crippen LogP contribution in [-0.2, 0) is 0 Å². The second kappa shape index (κ2) is 5.94. The van der Waals surface area contributed by atoms with E-state index in [0.717, 1.165) is 11.1 Å². The van der Waals surface area contributed by atoms with Gasteiger partial charge in [0.2, 0.25) is 0 Å². The van der Waals surface area contributed by atoms with Crippen LogP contribution in [0.4, 0.5) is 5.69 Å². The van der Waals surface area contributed by atoms with Gasteiger partial charge in [0.15, 0.2) is 0 Å². The fraction of sp³-hybridized carbons (Fsp3) is 0.300. The van der Waals surface area contributed by atoms with Gasteiger partial charge in [-0.05, 0) is 58.8 Å². The van der Waals surface area contributed by atoms with E-state index in [1.54, 1.807) is 30.4 Å². The number of hydrogen-bond acceptors (Lipinski definition) is 6. The van der Waals surface area contributed by atoms with Crippen molar-refractivity contribution in [2.24, 2.45) is 23.7 Å². The lowest BCUT2D eigenvalue weighted by atomic mass is 9.47. The monoisotopic (exact) mass is 393 g/mol. The molecule has 1 aromatic carbocycles. The number of nitro groups is 3. The SMILES string of the molecule is O=[N+]([O-])C1=CC2C(C=C1)C1c3cc([N+](=O)[O-])ccc3C2C2C=CC([N+](=O)[O-])=CC21. The Balaban J connectivity index is 1.71. The lowest BCUT2D eigenvalue weighted by molar-refractivity contribution is -0.420. The van der Waals surface area contributed by atoms with Crippen LogP contribution in [-0.4, -0.2) is 14.8 Å². The number of benzene rings is 1. The van der Waals surface area contributed by atoms with Crippen molar-refractivity contribution in [1.29, 1.82) is 0 Å². The molecule has 0 spiro atoms. The Morgan fingerprint density at radius 3 is 1.66 bits per heavy atom. The highest BCUT2D eigenvalue weighted by Crippen LogP contribution is 2.64. The molecule has 5 aliphatic carbocycles. The molecular formula is C20H15N3O6. The molecule has 2 bridgehead atoms. The number of nitro benzene ring substituents is 1. The van der Waals surface area contributed by atoms with E-state index in [0.29, 0.717) is 0 Å². The molecule has 0 heterocycles. The van der Waals surface area contributed by atoms with Crippen molar-refractivity contribution in [2.45, 2.75) is 11.8 Å². The first kappa shape index (κ1) is 17.5. The number of allylic oxidation sites excluding steroid dienone is 6. The highest BCUT2D eigenvalue weighted by atomic mass is 16.6. The van der Waals surface area contributed by atoms with Crippen LogP contribution in [0.15, 0.2) is 66.0 Å². The molecule has 6 atom stereocenters. The second-order valence-electron chi connectivity index (χ2n) is 7.85. The normalized spacial score (nSPS) is 33.1. The van der Waals surface area contributed by atoms with Gasteiger partial charge in [0.1, 0.15) is 0 Å². The zero-order valence-corrected chi connectivity index (χ0v) is 15.0. The smallest absolute Gasteiger partial charge is 0.258 e. The highest BCUT2D eigenvalue weighted by molar-refractivity contribution is 5.53. The maximum absolute atomic E-state index is 11.3. The van der Waals surface area contributed by atoms with Gasteiger partial charge < -0.3 is 0 Å². The summed E-state index contributed by atoms with van der Waals surface area (Å²) in [6.45, 7) is 0. The van der Waals surface area contributed by atoms with Crippen LogP contribution in [0.25, 0.3) is 0 Å².